The van der Waals surface area contributed by atoms with Crippen LogP contribution in [-0.2, 0) is 14.3 Å². The van der Waals surface area contributed by atoms with E-state index in [1.165, 1.54) is 4.90 Å². The third kappa shape index (κ3) is 2.55. The number of carboxylic acids is 1. The van der Waals surface area contributed by atoms with Gasteiger partial charge >= 0.3 is 5.97 Å². The molecule has 1 aliphatic rings. The second kappa shape index (κ2) is 3.34. The molecule has 0 radical (unpaired) electrons. The van der Waals surface area contributed by atoms with Crippen molar-refractivity contribution in [3.05, 3.63) is 0 Å². The van der Waals surface area contributed by atoms with E-state index in [0.29, 0.717) is 6.54 Å². The summed E-state index contributed by atoms with van der Waals surface area (Å²) in [6, 6.07) is 0. The number of carboxylic acid groups (broad SMARTS) is 1. The van der Waals surface area contributed by atoms with Gasteiger partial charge in [-0.1, -0.05) is 0 Å². The highest BCUT2D eigenvalue weighted by atomic mass is 16.5. The van der Waals surface area contributed by atoms with Crippen LogP contribution in [0.1, 0.15) is 0 Å². The Balaban J connectivity index is 2.34. The van der Waals surface area contributed by atoms with Gasteiger partial charge < -0.3 is 14.6 Å². The Morgan fingerprint density at radius 3 is 3.00 bits per heavy atom. The molecule has 0 N–H and O–H groups in total. The summed E-state index contributed by atoms with van der Waals surface area (Å²) in [5.74, 6) is -1.54. The first-order chi connectivity index (χ1) is 5.18. The summed E-state index contributed by atoms with van der Waals surface area (Å²) in [4.78, 5) is 22.1. The van der Waals surface area contributed by atoms with Crippen molar-refractivity contribution in [2.75, 3.05) is 26.2 Å². The van der Waals surface area contributed by atoms with Crippen LogP contribution < -0.4 is 5.11 Å². The van der Waals surface area contributed by atoms with Crippen LogP contribution in [-0.4, -0.2) is 43.1 Å². The van der Waals surface area contributed by atoms with Gasteiger partial charge in [-0.25, -0.2) is 0 Å². The van der Waals surface area contributed by atoms with E-state index in [-0.39, 0.29) is 25.7 Å². The molecular weight excluding hydrogens is 150 g/mol. The summed E-state index contributed by atoms with van der Waals surface area (Å²) in [5, 5.41) is 10.1. The Morgan fingerprint density at radius 1 is 1.73 bits per heavy atom. The first kappa shape index (κ1) is 8.00. The van der Waals surface area contributed by atoms with Crippen molar-refractivity contribution in [1.29, 1.82) is 0 Å². The molecule has 1 heterocycles. The standard InChI is InChI=1S/C6H9NO4/c8-5(9)3-7-1-2-11-6(10)4-7/h1-4H2,(H,8,9)/p-1. The molecule has 0 atom stereocenters. The molecule has 11 heavy (non-hydrogen) atoms. The summed E-state index contributed by atoms with van der Waals surface area (Å²) < 4.78 is 4.60. The number of carbonyl (C=O) groups excluding carboxylic acids is 2. The molecule has 1 saturated heterocycles. The van der Waals surface area contributed by atoms with Crippen LogP contribution in [0.25, 0.3) is 0 Å². The van der Waals surface area contributed by atoms with Crippen molar-refractivity contribution in [2.45, 2.75) is 0 Å². The van der Waals surface area contributed by atoms with Gasteiger partial charge in [0.1, 0.15) is 6.61 Å². The topological polar surface area (TPSA) is 69.7 Å². The van der Waals surface area contributed by atoms with Crippen LogP contribution in [0.4, 0.5) is 0 Å². The highest BCUT2D eigenvalue weighted by Gasteiger charge is 2.16. The van der Waals surface area contributed by atoms with Gasteiger partial charge in [0.05, 0.1) is 12.5 Å². The minimum Gasteiger partial charge on any atom is -0.549 e. The van der Waals surface area contributed by atoms with Crippen molar-refractivity contribution < 1.29 is 19.4 Å². The molecule has 0 aromatic rings. The van der Waals surface area contributed by atoms with Crippen molar-refractivity contribution in [1.82, 2.24) is 4.90 Å². The minimum atomic E-state index is -1.17. The molecule has 0 bridgehead atoms. The molecule has 0 aromatic carbocycles. The van der Waals surface area contributed by atoms with E-state index in [2.05, 4.69) is 4.74 Å². The predicted molar refractivity (Wildman–Crippen MR) is 32.4 cm³/mol. The van der Waals surface area contributed by atoms with Gasteiger partial charge in [-0.3, -0.25) is 9.69 Å². The lowest BCUT2D eigenvalue weighted by atomic mass is 10.4. The van der Waals surface area contributed by atoms with E-state index >= 15 is 0 Å². The maximum atomic E-state index is 10.6. The molecule has 1 fully saturated rings. The maximum absolute atomic E-state index is 10.6. The average Bonchev–Trinajstić information content (AvgIpc) is 1.85. The highest BCUT2D eigenvalue weighted by molar-refractivity contribution is 5.74. The van der Waals surface area contributed by atoms with Gasteiger partial charge in [0.2, 0.25) is 0 Å². The van der Waals surface area contributed by atoms with E-state index in [0.717, 1.165) is 0 Å². The Hall–Kier alpha value is -1.10. The molecule has 1 rings (SSSR count). The molecule has 62 valence electrons. The second-order valence-corrected chi connectivity index (χ2v) is 2.30. The number of esters is 1. The van der Waals surface area contributed by atoms with Gasteiger partial charge in [-0.15, -0.1) is 0 Å². The molecule has 1 aliphatic heterocycles. The molecule has 0 aliphatic carbocycles. The largest absolute Gasteiger partial charge is 0.549 e. The smallest absolute Gasteiger partial charge is 0.320 e. The number of rotatable bonds is 2. The zero-order chi connectivity index (χ0) is 8.27. The third-order valence-electron chi connectivity index (χ3n) is 1.38. The number of cyclic esters (lactones) is 1. The number of hydrogen-bond acceptors (Lipinski definition) is 5. The van der Waals surface area contributed by atoms with Crippen molar-refractivity contribution in [3.8, 4) is 0 Å². The van der Waals surface area contributed by atoms with Crippen LogP contribution in [0.2, 0.25) is 0 Å². The van der Waals surface area contributed by atoms with Crippen LogP contribution in [0.3, 0.4) is 0 Å². The zero-order valence-electron chi connectivity index (χ0n) is 5.91. The first-order valence-corrected chi connectivity index (χ1v) is 3.26. The predicted octanol–water partition coefficient (Wildman–Crippen LogP) is -2.40. The fourth-order valence-electron chi connectivity index (χ4n) is 0.913. The van der Waals surface area contributed by atoms with Crippen molar-refractivity contribution in [2.24, 2.45) is 0 Å². The summed E-state index contributed by atoms with van der Waals surface area (Å²) >= 11 is 0. The number of ether oxygens (including phenoxy) is 1. The summed E-state index contributed by atoms with van der Waals surface area (Å²) in [6.07, 6.45) is 0. The Labute approximate surface area is 63.5 Å². The number of carbonyl (C=O) groups is 2. The Bertz CT molecular complexity index is 177. The molecule has 5 nitrogen and oxygen atoms in total. The van der Waals surface area contributed by atoms with Crippen LogP contribution in [0.5, 0.6) is 0 Å². The average molecular weight is 158 g/mol. The Morgan fingerprint density at radius 2 is 2.45 bits per heavy atom. The van der Waals surface area contributed by atoms with Gasteiger partial charge in [-0.05, 0) is 0 Å². The van der Waals surface area contributed by atoms with E-state index in [9.17, 15) is 14.7 Å². The summed E-state index contributed by atoms with van der Waals surface area (Å²) in [6.45, 7) is 0.592. The number of hydrogen-bond donors (Lipinski definition) is 0. The monoisotopic (exact) mass is 158 g/mol. The van der Waals surface area contributed by atoms with Gasteiger partial charge in [-0.2, -0.15) is 0 Å². The van der Waals surface area contributed by atoms with Crippen molar-refractivity contribution in [3.63, 3.8) is 0 Å². The lowest BCUT2D eigenvalue weighted by molar-refractivity contribution is -0.306. The quantitative estimate of drug-likeness (QED) is 0.419. The maximum Gasteiger partial charge on any atom is 0.320 e. The summed E-state index contributed by atoms with van der Waals surface area (Å²) in [7, 11) is 0. The number of morpholine rings is 1. The van der Waals surface area contributed by atoms with Crippen LogP contribution >= 0.6 is 0 Å². The number of nitrogens with zero attached hydrogens (tertiary/aromatic N) is 1. The molecule has 0 saturated carbocycles. The molecule has 5 heteroatoms. The van der Waals surface area contributed by atoms with Gasteiger partial charge in [0.25, 0.3) is 0 Å². The van der Waals surface area contributed by atoms with E-state index < -0.39 is 5.97 Å². The molecule has 0 amide bonds. The lowest BCUT2D eigenvalue weighted by Crippen LogP contribution is -2.45. The van der Waals surface area contributed by atoms with Gasteiger partial charge in [0.15, 0.2) is 0 Å². The molecule has 0 aromatic heterocycles. The molecule has 0 unspecified atom stereocenters. The van der Waals surface area contributed by atoms with E-state index in [1.807, 2.05) is 0 Å². The molecular formula is C6H8NO4-. The van der Waals surface area contributed by atoms with Crippen molar-refractivity contribution >= 4 is 11.9 Å². The Kier molecular flexibility index (Phi) is 2.43. The van der Waals surface area contributed by atoms with Gasteiger partial charge in [0, 0.05) is 13.1 Å². The zero-order valence-corrected chi connectivity index (χ0v) is 5.91. The highest BCUT2D eigenvalue weighted by Crippen LogP contribution is 1.96. The fraction of sp³-hybridized carbons (Fsp3) is 0.667. The normalized spacial score (nSPS) is 19.5. The first-order valence-electron chi connectivity index (χ1n) is 3.26. The SMILES string of the molecule is O=C([O-])CN1CCOC(=O)C1. The van der Waals surface area contributed by atoms with Crippen LogP contribution in [0.15, 0.2) is 0 Å². The minimum absolute atomic E-state index is 0.0496. The fourth-order valence-corrected chi connectivity index (χ4v) is 0.913. The number of aliphatic carboxylic acids is 1. The summed E-state index contributed by atoms with van der Waals surface area (Å²) in [5.41, 5.74) is 0. The molecule has 0 spiro atoms. The lowest BCUT2D eigenvalue weighted by Gasteiger charge is -2.25. The van der Waals surface area contributed by atoms with E-state index in [1.54, 1.807) is 0 Å². The van der Waals surface area contributed by atoms with Crippen LogP contribution in [0, 0.1) is 0 Å². The third-order valence-corrected chi connectivity index (χ3v) is 1.38. The van der Waals surface area contributed by atoms with E-state index in [4.69, 9.17) is 0 Å². The second-order valence-electron chi connectivity index (χ2n) is 2.30.